The van der Waals surface area contributed by atoms with Crippen LogP contribution in [0.25, 0.3) is 21.9 Å². The summed E-state index contributed by atoms with van der Waals surface area (Å²) in [6.45, 7) is 0. The van der Waals surface area contributed by atoms with Crippen LogP contribution in [0.15, 0.2) is 59.5 Å². The summed E-state index contributed by atoms with van der Waals surface area (Å²) in [5, 5.41) is 0.964. The third kappa shape index (κ3) is 2.38. The minimum atomic E-state index is -4.37. The standard InChI is InChI=1S/C16H14N2O3S/c17-11-7-5-10(6-8-11)14-9-15(22(19,20)21)12-3-1-2-4-13(12)16(14)18/h1-9H,17-18H2,(H,19,20,21). The number of nitrogen functional groups attached to an aromatic ring is 2. The average Bonchev–Trinajstić information content (AvgIpc) is 2.48. The van der Waals surface area contributed by atoms with Gasteiger partial charge in [-0.3, -0.25) is 4.55 Å². The van der Waals surface area contributed by atoms with Crippen molar-refractivity contribution in [3.05, 3.63) is 54.6 Å². The maximum Gasteiger partial charge on any atom is 0.295 e. The molecule has 0 radical (unpaired) electrons. The molecular weight excluding hydrogens is 300 g/mol. The molecule has 5 nitrogen and oxygen atoms in total. The van der Waals surface area contributed by atoms with Crippen molar-refractivity contribution in [2.45, 2.75) is 4.90 Å². The Morgan fingerprint density at radius 2 is 1.45 bits per heavy atom. The SMILES string of the molecule is Nc1ccc(-c2cc(S(=O)(=O)O)c3ccccc3c2N)cc1. The van der Waals surface area contributed by atoms with Gasteiger partial charge in [0.2, 0.25) is 0 Å². The molecule has 3 rings (SSSR count). The fourth-order valence-corrected chi connectivity index (χ4v) is 3.20. The lowest BCUT2D eigenvalue weighted by atomic mass is 9.98. The van der Waals surface area contributed by atoms with E-state index in [0.29, 0.717) is 27.7 Å². The van der Waals surface area contributed by atoms with Crippen molar-refractivity contribution < 1.29 is 13.0 Å². The predicted octanol–water partition coefficient (Wildman–Crippen LogP) is 2.92. The third-order valence-electron chi connectivity index (χ3n) is 3.55. The Balaban J connectivity index is 2.41. The summed E-state index contributed by atoms with van der Waals surface area (Å²) < 4.78 is 32.9. The van der Waals surface area contributed by atoms with E-state index in [9.17, 15) is 13.0 Å². The van der Waals surface area contributed by atoms with Gasteiger partial charge in [-0.2, -0.15) is 8.42 Å². The summed E-state index contributed by atoms with van der Waals surface area (Å²) in [6.07, 6.45) is 0. The van der Waals surface area contributed by atoms with Gasteiger partial charge in [0.1, 0.15) is 4.90 Å². The monoisotopic (exact) mass is 314 g/mol. The van der Waals surface area contributed by atoms with Gasteiger partial charge < -0.3 is 11.5 Å². The van der Waals surface area contributed by atoms with Crippen LogP contribution in [-0.4, -0.2) is 13.0 Å². The summed E-state index contributed by atoms with van der Waals surface area (Å²) in [6, 6.07) is 15.1. The maximum absolute atomic E-state index is 11.7. The van der Waals surface area contributed by atoms with Gasteiger partial charge in [-0.1, -0.05) is 36.4 Å². The van der Waals surface area contributed by atoms with Gasteiger partial charge in [0.05, 0.1) is 0 Å². The molecule has 0 aliphatic heterocycles. The molecular formula is C16H14N2O3S. The number of fused-ring (bicyclic) bond motifs is 1. The van der Waals surface area contributed by atoms with E-state index in [1.807, 2.05) is 0 Å². The molecule has 0 saturated carbocycles. The molecule has 0 aromatic heterocycles. The lowest BCUT2D eigenvalue weighted by Gasteiger charge is -2.13. The minimum absolute atomic E-state index is 0.163. The zero-order chi connectivity index (χ0) is 15.9. The lowest BCUT2D eigenvalue weighted by molar-refractivity contribution is 0.484. The molecule has 0 heterocycles. The molecule has 0 fully saturated rings. The summed E-state index contributed by atoms with van der Waals surface area (Å²) in [5.74, 6) is 0. The van der Waals surface area contributed by atoms with Crippen LogP contribution in [0.5, 0.6) is 0 Å². The lowest BCUT2D eigenvalue weighted by Crippen LogP contribution is -2.02. The van der Waals surface area contributed by atoms with Gasteiger partial charge in [-0.05, 0) is 23.8 Å². The predicted molar refractivity (Wildman–Crippen MR) is 88.0 cm³/mol. The van der Waals surface area contributed by atoms with E-state index in [1.54, 1.807) is 48.5 Å². The van der Waals surface area contributed by atoms with Crippen molar-refractivity contribution in [3.63, 3.8) is 0 Å². The van der Waals surface area contributed by atoms with Crippen LogP contribution in [0.4, 0.5) is 11.4 Å². The van der Waals surface area contributed by atoms with Crippen molar-refractivity contribution in [1.29, 1.82) is 0 Å². The molecule has 0 amide bonds. The Morgan fingerprint density at radius 1 is 0.864 bits per heavy atom. The quantitative estimate of drug-likeness (QED) is 0.498. The van der Waals surface area contributed by atoms with Crippen molar-refractivity contribution in [3.8, 4) is 11.1 Å². The first-order valence-electron chi connectivity index (χ1n) is 6.52. The van der Waals surface area contributed by atoms with Crippen LogP contribution in [0.3, 0.4) is 0 Å². The molecule has 6 heteroatoms. The van der Waals surface area contributed by atoms with Gasteiger partial charge in [0.15, 0.2) is 0 Å². The van der Waals surface area contributed by atoms with E-state index in [4.69, 9.17) is 11.5 Å². The van der Waals surface area contributed by atoms with Gasteiger partial charge in [-0.25, -0.2) is 0 Å². The second-order valence-electron chi connectivity index (χ2n) is 4.98. The second kappa shape index (κ2) is 5.01. The van der Waals surface area contributed by atoms with Gasteiger partial charge in [0.25, 0.3) is 10.1 Å². The van der Waals surface area contributed by atoms with Gasteiger partial charge in [0, 0.05) is 27.7 Å². The second-order valence-corrected chi connectivity index (χ2v) is 6.37. The normalized spacial score (nSPS) is 11.7. The van der Waals surface area contributed by atoms with Crippen molar-refractivity contribution >= 4 is 32.3 Å². The van der Waals surface area contributed by atoms with Crippen molar-refractivity contribution in [1.82, 2.24) is 0 Å². The van der Waals surface area contributed by atoms with Gasteiger partial charge in [-0.15, -0.1) is 0 Å². The Bertz CT molecular complexity index is 965. The van der Waals surface area contributed by atoms with Crippen LogP contribution >= 0.6 is 0 Å². The van der Waals surface area contributed by atoms with Crippen LogP contribution in [-0.2, 0) is 10.1 Å². The van der Waals surface area contributed by atoms with E-state index in [0.717, 1.165) is 5.56 Å². The van der Waals surface area contributed by atoms with Gasteiger partial charge >= 0.3 is 0 Å². The molecule has 0 aliphatic carbocycles. The Morgan fingerprint density at radius 3 is 2.05 bits per heavy atom. The van der Waals surface area contributed by atoms with Crippen LogP contribution in [0.2, 0.25) is 0 Å². The molecule has 3 aromatic rings. The molecule has 0 saturated heterocycles. The minimum Gasteiger partial charge on any atom is -0.399 e. The summed E-state index contributed by atoms with van der Waals surface area (Å²) >= 11 is 0. The number of hydrogen-bond donors (Lipinski definition) is 3. The van der Waals surface area contributed by atoms with Crippen molar-refractivity contribution in [2.75, 3.05) is 11.5 Å². The van der Waals surface area contributed by atoms with E-state index >= 15 is 0 Å². The third-order valence-corrected chi connectivity index (χ3v) is 4.44. The van der Waals surface area contributed by atoms with E-state index < -0.39 is 10.1 Å². The van der Waals surface area contributed by atoms with Crippen molar-refractivity contribution in [2.24, 2.45) is 0 Å². The first-order valence-corrected chi connectivity index (χ1v) is 7.96. The fraction of sp³-hybridized carbons (Fsp3) is 0. The molecule has 0 spiro atoms. The molecule has 112 valence electrons. The van der Waals surface area contributed by atoms with E-state index in [2.05, 4.69) is 0 Å². The number of nitrogens with two attached hydrogens (primary N) is 2. The highest BCUT2D eigenvalue weighted by molar-refractivity contribution is 7.86. The molecule has 0 unspecified atom stereocenters. The van der Waals surface area contributed by atoms with E-state index in [-0.39, 0.29) is 4.90 Å². The summed E-state index contributed by atoms with van der Waals surface area (Å²) in [4.78, 5) is -0.163. The van der Waals surface area contributed by atoms with Crippen LogP contribution in [0, 0.1) is 0 Å². The molecule has 0 aliphatic rings. The highest BCUT2D eigenvalue weighted by Gasteiger charge is 2.18. The zero-order valence-electron chi connectivity index (χ0n) is 11.5. The first kappa shape index (κ1) is 14.4. The first-order chi connectivity index (χ1) is 10.4. The zero-order valence-corrected chi connectivity index (χ0v) is 12.3. The Kier molecular flexibility index (Phi) is 3.27. The Hall–Kier alpha value is -2.57. The molecule has 3 aromatic carbocycles. The number of rotatable bonds is 2. The fourth-order valence-electron chi connectivity index (χ4n) is 2.48. The molecule has 0 atom stereocenters. The summed E-state index contributed by atoms with van der Waals surface area (Å²) in [7, 11) is -4.37. The van der Waals surface area contributed by atoms with E-state index in [1.165, 1.54) is 6.07 Å². The topological polar surface area (TPSA) is 106 Å². The Labute approximate surface area is 127 Å². The molecule has 22 heavy (non-hydrogen) atoms. The van der Waals surface area contributed by atoms with Crippen LogP contribution in [0.1, 0.15) is 0 Å². The summed E-state index contributed by atoms with van der Waals surface area (Å²) in [5.41, 5.74) is 14.2. The number of benzene rings is 3. The molecule has 5 N–H and O–H groups in total. The maximum atomic E-state index is 11.7. The van der Waals surface area contributed by atoms with Crippen LogP contribution < -0.4 is 11.5 Å². The molecule has 0 bridgehead atoms. The highest BCUT2D eigenvalue weighted by Crippen LogP contribution is 2.37. The number of hydrogen-bond acceptors (Lipinski definition) is 4. The smallest absolute Gasteiger partial charge is 0.295 e. The largest absolute Gasteiger partial charge is 0.399 e. The highest BCUT2D eigenvalue weighted by atomic mass is 32.2. The average molecular weight is 314 g/mol. The number of anilines is 2.